The van der Waals surface area contributed by atoms with Crippen LogP contribution in [0.15, 0.2) is 34.4 Å². The van der Waals surface area contributed by atoms with E-state index < -0.39 is 0 Å². The van der Waals surface area contributed by atoms with Crippen LogP contribution in [-0.4, -0.2) is 48.6 Å². The lowest BCUT2D eigenvalue weighted by Crippen LogP contribution is -2.49. The van der Waals surface area contributed by atoms with Gasteiger partial charge in [-0.15, -0.1) is 0 Å². The summed E-state index contributed by atoms with van der Waals surface area (Å²) in [6, 6.07) is 0.682. The van der Waals surface area contributed by atoms with E-state index in [2.05, 4.69) is 70.4 Å². The average molecular weight is 389 g/mol. The van der Waals surface area contributed by atoms with Crippen LogP contribution in [-0.2, 0) is 0 Å². The second-order valence-corrected chi connectivity index (χ2v) is 9.62. The van der Waals surface area contributed by atoms with E-state index in [1.807, 2.05) is 13.8 Å². The van der Waals surface area contributed by atoms with Crippen LogP contribution >= 0.6 is 0 Å². The van der Waals surface area contributed by atoms with E-state index in [1.54, 1.807) is 16.7 Å². The highest BCUT2D eigenvalue weighted by molar-refractivity contribution is 5.40. The molecule has 0 amide bonds. The van der Waals surface area contributed by atoms with Crippen molar-refractivity contribution in [1.82, 2.24) is 9.80 Å². The second kappa shape index (κ2) is 12.0. The molecule has 2 nitrogen and oxygen atoms in total. The Kier molecular flexibility index (Phi) is 10.8. The molecule has 162 valence electrons. The summed E-state index contributed by atoms with van der Waals surface area (Å²) in [6.45, 7) is 26.3. The van der Waals surface area contributed by atoms with Gasteiger partial charge in [0.1, 0.15) is 0 Å². The van der Waals surface area contributed by atoms with Gasteiger partial charge in [0.2, 0.25) is 0 Å². The molecule has 0 saturated carbocycles. The number of hydrogen-bond donors (Lipinski definition) is 0. The smallest absolute Gasteiger partial charge is 0.0199 e. The fraction of sp³-hybridized carbons (Fsp3) is 0.769. The SMILES string of the molecule is CC.CC/C(=C\C=C(C)C)C1=C(CN2CCN(C(C)C)CC2)CCC(C)(C)C1. The zero-order chi connectivity index (χ0) is 21.3. The molecule has 1 aliphatic carbocycles. The maximum Gasteiger partial charge on any atom is 0.0199 e. The van der Waals surface area contributed by atoms with Crippen LogP contribution in [0, 0.1) is 5.41 Å². The Bertz CT molecular complexity index is 551. The van der Waals surface area contributed by atoms with Gasteiger partial charge in [-0.25, -0.2) is 0 Å². The van der Waals surface area contributed by atoms with E-state index in [0.29, 0.717) is 11.5 Å². The van der Waals surface area contributed by atoms with Gasteiger partial charge in [0.05, 0.1) is 0 Å². The molecular weight excluding hydrogens is 340 g/mol. The molecule has 0 spiro atoms. The summed E-state index contributed by atoms with van der Waals surface area (Å²) in [4.78, 5) is 5.31. The molecule has 2 rings (SSSR count). The molecule has 28 heavy (non-hydrogen) atoms. The van der Waals surface area contributed by atoms with Crippen molar-refractivity contribution in [2.24, 2.45) is 5.41 Å². The summed E-state index contributed by atoms with van der Waals surface area (Å²) in [6.07, 6.45) is 9.68. The third-order valence-electron chi connectivity index (χ3n) is 6.12. The fourth-order valence-electron chi connectivity index (χ4n) is 4.25. The van der Waals surface area contributed by atoms with Crippen molar-refractivity contribution in [2.45, 2.75) is 94.0 Å². The van der Waals surface area contributed by atoms with Gasteiger partial charge < -0.3 is 0 Å². The molecule has 0 bridgehead atoms. The standard InChI is InChI=1S/C24H42N2.C2H6/c1-8-21(10-9-19(2)3)23-17-24(6,7)12-11-22(23)18-25-13-15-26(16-14-25)20(4)5;1-2/h9-10,20H,8,11-18H2,1-7H3;1-2H3/b21-10+;. The first-order chi connectivity index (χ1) is 13.2. The van der Waals surface area contributed by atoms with Crippen LogP contribution in [0.4, 0.5) is 0 Å². The monoisotopic (exact) mass is 388 g/mol. The number of hydrogen-bond acceptors (Lipinski definition) is 2. The third kappa shape index (κ3) is 7.87. The Hall–Kier alpha value is -0.860. The molecule has 0 aromatic rings. The summed E-state index contributed by atoms with van der Waals surface area (Å²) < 4.78 is 0. The summed E-state index contributed by atoms with van der Waals surface area (Å²) in [5.41, 5.74) is 6.78. The maximum atomic E-state index is 2.70. The third-order valence-corrected chi connectivity index (χ3v) is 6.12. The number of nitrogens with zero attached hydrogens (tertiary/aromatic N) is 2. The summed E-state index contributed by atoms with van der Waals surface area (Å²) in [5.74, 6) is 0. The molecule has 2 heteroatoms. The predicted molar refractivity (Wildman–Crippen MR) is 127 cm³/mol. The zero-order valence-corrected chi connectivity index (χ0v) is 20.5. The molecule has 1 heterocycles. The first-order valence-electron chi connectivity index (χ1n) is 11.7. The highest BCUT2D eigenvalue weighted by Crippen LogP contribution is 2.42. The van der Waals surface area contributed by atoms with E-state index in [0.717, 1.165) is 6.42 Å². The Morgan fingerprint density at radius 1 is 1.04 bits per heavy atom. The van der Waals surface area contributed by atoms with Crippen molar-refractivity contribution < 1.29 is 0 Å². The van der Waals surface area contributed by atoms with Gasteiger partial charge in [-0.1, -0.05) is 57.9 Å². The van der Waals surface area contributed by atoms with Crippen molar-refractivity contribution in [3.8, 4) is 0 Å². The number of piperazine rings is 1. The molecule has 1 aliphatic heterocycles. The highest BCUT2D eigenvalue weighted by Gasteiger charge is 2.29. The Morgan fingerprint density at radius 3 is 2.14 bits per heavy atom. The van der Waals surface area contributed by atoms with Gasteiger partial charge in [0, 0.05) is 38.8 Å². The minimum Gasteiger partial charge on any atom is -0.298 e. The van der Waals surface area contributed by atoms with Crippen LogP contribution in [0.3, 0.4) is 0 Å². The molecule has 0 atom stereocenters. The molecule has 1 fully saturated rings. The molecule has 0 unspecified atom stereocenters. The summed E-state index contributed by atoms with van der Waals surface area (Å²) in [5, 5.41) is 0. The lowest BCUT2D eigenvalue weighted by atomic mass is 9.72. The van der Waals surface area contributed by atoms with Gasteiger partial charge in [-0.05, 0) is 69.9 Å². The van der Waals surface area contributed by atoms with E-state index in [9.17, 15) is 0 Å². The fourth-order valence-corrected chi connectivity index (χ4v) is 4.25. The van der Waals surface area contributed by atoms with Crippen molar-refractivity contribution in [1.29, 1.82) is 0 Å². The van der Waals surface area contributed by atoms with Crippen LogP contribution < -0.4 is 0 Å². The number of allylic oxidation sites excluding steroid dienone is 5. The zero-order valence-electron chi connectivity index (χ0n) is 20.5. The van der Waals surface area contributed by atoms with Gasteiger partial charge in [0.25, 0.3) is 0 Å². The average Bonchev–Trinajstić information content (AvgIpc) is 2.66. The lowest BCUT2D eigenvalue weighted by molar-refractivity contribution is 0.113. The minimum atomic E-state index is 0.439. The summed E-state index contributed by atoms with van der Waals surface area (Å²) >= 11 is 0. The maximum absolute atomic E-state index is 2.70. The molecule has 0 radical (unpaired) electrons. The Balaban J connectivity index is 0.00000190. The lowest BCUT2D eigenvalue weighted by Gasteiger charge is -2.40. The molecule has 0 aromatic carbocycles. The van der Waals surface area contributed by atoms with Gasteiger partial charge >= 0.3 is 0 Å². The topological polar surface area (TPSA) is 6.48 Å². The van der Waals surface area contributed by atoms with Gasteiger partial charge in [0.15, 0.2) is 0 Å². The normalized spacial score (nSPS) is 21.4. The predicted octanol–water partition coefficient (Wildman–Crippen LogP) is 6.85. The van der Waals surface area contributed by atoms with Crippen molar-refractivity contribution in [2.75, 3.05) is 32.7 Å². The van der Waals surface area contributed by atoms with Crippen molar-refractivity contribution in [3.63, 3.8) is 0 Å². The summed E-state index contributed by atoms with van der Waals surface area (Å²) in [7, 11) is 0. The second-order valence-electron chi connectivity index (χ2n) is 9.62. The van der Waals surface area contributed by atoms with Crippen LogP contribution in [0.2, 0.25) is 0 Å². The largest absolute Gasteiger partial charge is 0.298 e. The van der Waals surface area contributed by atoms with Crippen molar-refractivity contribution >= 4 is 0 Å². The molecule has 1 saturated heterocycles. The van der Waals surface area contributed by atoms with Crippen LogP contribution in [0.25, 0.3) is 0 Å². The molecular formula is C26H48N2. The number of rotatable bonds is 6. The van der Waals surface area contributed by atoms with Gasteiger partial charge in [-0.2, -0.15) is 0 Å². The van der Waals surface area contributed by atoms with Crippen molar-refractivity contribution in [3.05, 3.63) is 34.4 Å². The highest BCUT2D eigenvalue weighted by atomic mass is 15.3. The Morgan fingerprint density at radius 2 is 1.64 bits per heavy atom. The van der Waals surface area contributed by atoms with E-state index in [-0.39, 0.29) is 0 Å². The quantitative estimate of drug-likeness (QED) is 0.459. The van der Waals surface area contributed by atoms with Crippen LogP contribution in [0.5, 0.6) is 0 Å². The van der Waals surface area contributed by atoms with E-state index in [4.69, 9.17) is 0 Å². The van der Waals surface area contributed by atoms with Gasteiger partial charge in [-0.3, -0.25) is 9.80 Å². The minimum absolute atomic E-state index is 0.439. The first-order valence-corrected chi connectivity index (χ1v) is 11.7. The molecule has 0 N–H and O–H groups in total. The van der Waals surface area contributed by atoms with Crippen LogP contribution in [0.1, 0.15) is 88.0 Å². The first kappa shape index (κ1) is 25.2. The Labute approximate surface area is 176 Å². The molecule has 0 aromatic heterocycles. The molecule has 2 aliphatic rings. The van der Waals surface area contributed by atoms with E-state index in [1.165, 1.54) is 57.6 Å². The van der Waals surface area contributed by atoms with E-state index >= 15 is 0 Å².